The smallest absolute Gasteiger partial charge is 0.309 e. The Bertz CT molecular complexity index is 598. The average molecular weight is 363 g/mol. The lowest BCUT2D eigenvalue weighted by atomic mass is 9.97. The number of benzene rings is 1. The molecule has 0 bridgehead atoms. The molecule has 0 radical (unpaired) electrons. The van der Waals surface area contributed by atoms with E-state index in [1.165, 1.54) is 6.07 Å². The predicted molar refractivity (Wildman–Crippen MR) is 102 cm³/mol. The van der Waals surface area contributed by atoms with Crippen molar-refractivity contribution in [3.8, 4) is 0 Å². The second-order valence-electron chi connectivity index (χ2n) is 6.48. The van der Waals surface area contributed by atoms with Crippen LogP contribution in [-0.2, 0) is 16.0 Å². The molecule has 1 aromatic rings. The quantitative estimate of drug-likeness (QED) is 0.350. The van der Waals surface area contributed by atoms with Gasteiger partial charge in [0.15, 0.2) is 5.96 Å². The molecule has 1 saturated heterocycles. The molecule has 1 heterocycles. The van der Waals surface area contributed by atoms with Crippen LogP contribution in [0.3, 0.4) is 0 Å². The van der Waals surface area contributed by atoms with Crippen molar-refractivity contribution >= 4 is 11.9 Å². The van der Waals surface area contributed by atoms with E-state index >= 15 is 0 Å². The largest absolute Gasteiger partial charge is 0.466 e. The van der Waals surface area contributed by atoms with Crippen molar-refractivity contribution in [2.45, 2.75) is 39.5 Å². The van der Waals surface area contributed by atoms with Crippen molar-refractivity contribution in [3.63, 3.8) is 0 Å². The van der Waals surface area contributed by atoms with Gasteiger partial charge < -0.3 is 15.0 Å². The molecule has 0 unspecified atom stereocenters. The van der Waals surface area contributed by atoms with Gasteiger partial charge >= 0.3 is 5.97 Å². The normalized spacial score (nSPS) is 15.8. The fourth-order valence-corrected chi connectivity index (χ4v) is 3.17. The summed E-state index contributed by atoms with van der Waals surface area (Å²) in [6, 6.07) is 6.73. The molecule has 26 heavy (non-hydrogen) atoms. The summed E-state index contributed by atoms with van der Waals surface area (Å²) in [5.74, 6) is 0.629. The van der Waals surface area contributed by atoms with Crippen molar-refractivity contribution in [1.82, 2.24) is 10.2 Å². The van der Waals surface area contributed by atoms with E-state index in [2.05, 4.69) is 10.2 Å². The van der Waals surface area contributed by atoms with Crippen LogP contribution in [0.25, 0.3) is 0 Å². The number of rotatable bonds is 7. The molecular weight excluding hydrogens is 333 g/mol. The Morgan fingerprint density at radius 2 is 2.12 bits per heavy atom. The first-order chi connectivity index (χ1) is 12.6. The monoisotopic (exact) mass is 363 g/mol. The van der Waals surface area contributed by atoms with Crippen LogP contribution >= 0.6 is 0 Å². The van der Waals surface area contributed by atoms with Gasteiger partial charge in [0.1, 0.15) is 5.82 Å². The van der Waals surface area contributed by atoms with Crippen LogP contribution in [-0.4, -0.2) is 49.6 Å². The number of likely N-dealkylation sites (tertiary alicyclic amines) is 1. The Balaban J connectivity index is 1.82. The van der Waals surface area contributed by atoms with Crippen LogP contribution < -0.4 is 5.32 Å². The molecule has 0 amide bonds. The molecule has 5 nitrogen and oxygen atoms in total. The van der Waals surface area contributed by atoms with Gasteiger partial charge in [0, 0.05) is 26.2 Å². The molecule has 6 heteroatoms. The summed E-state index contributed by atoms with van der Waals surface area (Å²) in [4.78, 5) is 18.8. The summed E-state index contributed by atoms with van der Waals surface area (Å²) < 4.78 is 18.3. The Morgan fingerprint density at radius 1 is 1.35 bits per heavy atom. The number of hydrogen-bond acceptors (Lipinski definition) is 3. The molecule has 1 N–H and O–H groups in total. The maximum atomic E-state index is 13.2. The van der Waals surface area contributed by atoms with Gasteiger partial charge in [-0.1, -0.05) is 12.1 Å². The Hall–Kier alpha value is -2.11. The summed E-state index contributed by atoms with van der Waals surface area (Å²) in [6.45, 7) is 7.44. The second-order valence-corrected chi connectivity index (χ2v) is 6.48. The Kier molecular flexibility index (Phi) is 8.38. The highest BCUT2D eigenvalue weighted by molar-refractivity contribution is 5.80. The minimum atomic E-state index is -0.191. The molecular formula is C20H30FN3O2. The molecule has 1 aromatic carbocycles. The third kappa shape index (κ3) is 6.32. The van der Waals surface area contributed by atoms with E-state index in [0.717, 1.165) is 56.8 Å². The lowest BCUT2D eigenvalue weighted by molar-refractivity contribution is -0.149. The summed E-state index contributed by atoms with van der Waals surface area (Å²) >= 11 is 0. The number of aryl methyl sites for hydroxylation is 1. The van der Waals surface area contributed by atoms with E-state index in [0.29, 0.717) is 13.2 Å². The summed E-state index contributed by atoms with van der Waals surface area (Å²) in [5.41, 5.74) is 1.00. The van der Waals surface area contributed by atoms with E-state index in [4.69, 9.17) is 9.73 Å². The fraction of sp³-hybridized carbons (Fsp3) is 0.600. The molecule has 0 atom stereocenters. The zero-order chi connectivity index (χ0) is 18.8. The van der Waals surface area contributed by atoms with Gasteiger partial charge in [-0.25, -0.2) is 4.39 Å². The number of nitrogens with one attached hydrogen (secondary N) is 1. The lowest BCUT2D eigenvalue weighted by Crippen LogP contribution is -2.46. The highest BCUT2D eigenvalue weighted by atomic mass is 19.1. The number of halogens is 1. The van der Waals surface area contributed by atoms with Crippen LogP contribution in [0.15, 0.2) is 29.3 Å². The molecule has 0 aliphatic carbocycles. The van der Waals surface area contributed by atoms with E-state index < -0.39 is 0 Å². The molecule has 2 rings (SSSR count). The van der Waals surface area contributed by atoms with Crippen LogP contribution in [0.2, 0.25) is 0 Å². The summed E-state index contributed by atoms with van der Waals surface area (Å²) in [6.07, 6.45) is 3.28. The van der Waals surface area contributed by atoms with E-state index in [9.17, 15) is 9.18 Å². The maximum absolute atomic E-state index is 13.2. The summed E-state index contributed by atoms with van der Waals surface area (Å²) in [5, 5.41) is 3.33. The lowest BCUT2D eigenvalue weighted by Gasteiger charge is -2.33. The van der Waals surface area contributed by atoms with Gasteiger partial charge in [-0.3, -0.25) is 9.79 Å². The van der Waals surface area contributed by atoms with Crippen molar-refractivity contribution in [3.05, 3.63) is 35.6 Å². The van der Waals surface area contributed by atoms with Gasteiger partial charge in [0.2, 0.25) is 0 Å². The molecule has 144 valence electrons. The summed E-state index contributed by atoms with van der Waals surface area (Å²) in [7, 11) is 0. The van der Waals surface area contributed by atoms with Gasteiger partial charge in [-0.05, 0) is 57.2 Å². The number of hydrogen-bond donors (Lipinski definition) is 1. The highest BCUT2D eigenvalue weighted by Crippen LogP contribution is 2.18. The standard InChI is InChI=1S/C20H30FN3O2/c1-3-22-20(23-12-6-8-16-7-5-9-18(21)15-16)24-13-10-17(11-14-24)19(25)26-4-2/h5,7,9,15,17H,3-4,6,8,10-14H2,1-2H3,(H,22,23). The van der Waals surface area contributed by atoms with Crippen LogP contribution in [0, 0.1) is 11.7 Å². The molecule has 0 aromatic heterocycles. The average Bonchev–Trinajstić information content (AvgIpc) is 2.65. The number of carbonyl (C=O) groups is 1. The third-order valence-electron chi connectivity index (χ3n) is 4.52. The Labute approximate surface area is 155 Å². The number of ether oxygens (including phenoxy) is 1. The number of aliphatic imine (C=N–C) groups is 1. The molecule has 1 aliphatic rings. The molecule has 1 aliphatic heterocycles. The predicted octanol–water partition coefficient (Wildman–Crippen LogP) is 3.00. The Morgan fingerprint density at radius 3 is 2.77 bits per heavy atom. The zero-order valence-electron chi connectivity index (χ0n) is 15.8. The van der Waals surface area contributed by atoms with E-state index in [-0.39, 0.29) is 17.7 Å². The van der Waals surface area contributed by atoms with Crippen LogP contribution in [0.5, 0.6) is 0 Å². The van der Waals surface area contributed by atoms with E-state index in [1.807, 2.05) is 19.9 Å². The fourth-order valence-electron chi connectivity index (χ4n) is 3.17. The SMILES string of the molecule is CCNC(=NCCCc1cccc(F)c1)N1CCC(C(=O)OCC)CC1. The van der Waals surface area contributed by atoms with Gasteiger partial charge in [-0.15, -0.1) is 0 Å². The first-order valence-electron chi connectivity index (χ1n) is 9.58. The van der Waals surface area contributed by atoms with E-state index in [1.54, 1.807) is 12.1 Å². The first kappa shape index (κ1) is 20.2. The third-order valence-corrected chi connectivity index (χ3v) is 4.52. The van der Waals surface area contributed by atoms with Crippen molar-refractivity contribution in [2.75, 3.05) is 32.8 Å². The van der Waals surface area contributed by atoms with Crippen molar-refractivity contribution in [2.24, 2.45) is 10.9 Å². The number of esters is 1. The highest BCUT2D eigenvalue weighted by Gasteiger charge is 2.27. The second kappa shape index (κ2) is 10.8. The van der Waals surface area contributed by atoms with Gasteiger partial charge in [0.25, 0.3) is 0 Å². The van der Waals surface area contributed by atoms with Crippen molar-refractivity contribution < 1.29 is 13.9 Å². The number of piperidine rings is 1. The zero-order valence-corrected chi connectivity index (χ0v) is 15.8. The van der Waals surface area contributed by atoms with Gasteiger partial charge in [-0.2, -0.15) is 0 Å². The van der Waals surface area contributed by atoms with Crippen molar-refractivity contribution in [1.29, 1.82) is 0 Å². The minimum absolute atomic E-state index is 0.00190. The number of carbonyl (C=O) groups excluding carboxylic acids is 1. The minimum Gasteiger partial charge on any atom is -0.466 e. The molecule has 1 fully saturated rings. The van der Waals surface area contributed by atoms with Crippen LogP contribution in [0.4, 0.5) is 4.39 Å². The van der Waals surface area contributed by atoms with Gasteiger partial charge in [0.05, 0.1) is 12.5 Å². The van der Waals surface area contributed by atoms with Crippen LogP contribution in [0.1, 0.15) is 38.7 Å². The molecule has 0 spiro atoms. The first-order valence-corrected chi connectivity index (χ1v) is 9.58. The molecule has 0 saturated carbocycles. The maximum Gasteiger partial charge on any atom is 0.309 e. The topological polar surface area (TPSA) is 53.9 Å². The number of guanidine groups is 1. The number of nitrogens with zero attached hydrogens (tertiary/aromatic N) is 2.